The second-order valence-corrected chi connectivity index (χ2v) is 9.77. The fourth-order valence-electron chi connectivity index (χ4n) is 4.52. The zero-order valence-electron chi connectivity index (χ0n) is 17.2. The van der Waals surface area contributed by atoms with Crippen molar-refractivity contribution in [3.8, 4) is 0 Å². The Hall–Kier alpha value is -2.64. The molecule has 0 radical (unpaired) electrons. The molecule has 1 unspecified atom stereocenters. The Morgan fingerprint density at radius 3 is 2.60 bits per heavy atom. The molecule has 1 atom stereocenters. The van der Waals surface area contributed by atoms with Crippen LogP contribution in [0, 0.1) is 13.8 Å². The lowest BCUT2D eigenvalue weighted by molar-refractivity contribution is -0.137. The average Bonchev–Trinajstić information content (AvgIpc) is 3.00. The average molecular weight is 427 g/mol. The van der Waals surface area contributed by atoms with Crippen LogP contribution in [0.2, 0.25) is 0 Å². The topological polar surface area (TPSA) is 88.4 Å². The van der Waals surface area contributed by atoms with Crippen LogP contribution in [-0.2, 0) is 27.8 Å². The highest BCUT2D eigenvalue weighted by atomic mass is 32.2. The monoisotopic (exact) mass is 426 g/mol. The molecule has 1 heterocycles. The van der Waals surface area contributed by atoms with Gasteiger partial charge in [-0.2, -0.15) is 0 Å². The number of carboxylic acids is 1. The second kappa shape index (κ2) is 7.89. The summed E-state index contributed by atoms with van der Waals surface area (Å²) in [5.74, 6) is -0.778. The molecule has 6 nitrogen and oxygen atoms in total. The molecule has 7 heteroatoms. The minimum Gasteiger partial charge on any atom is -0.481 e. The largest absolute Gasteiger partial charge is 0.481 e. The molecule has 2 N–H and O–H groups in total. The lowest BCUT2D eigenvalue weighted by atomic mass is 9.83. The van der Waals surface area contributed by atoms with Gasteiger partial charge in [-0.3, -0.25) is 4.79 Å². The Morgan fingerprint density at radius 1 is 1.17 bits per heavy atom. The zero-order valence-corrected chi connectivity index (χ0v) is 18.0. The molecule has 0 aliphatic heterocycles. The summed E-state index contributed by atoms with van der Waals surface area (Å²) < 4.78 is 30.4. The summed E-state index contributed by atoms with van der Waals surface area (Å²) in [6.45, 7) is 4.66. The van der Waals surface area contributed by atoms with Crippen LogP contribution < -0.4 is 4.72 Å². The van der Waals surface area contributed by atoms with Crippen LogP contribution in [0.1, 0.15) is 41.1 Å². The van der Waals surface area contributed by atoms with Crippen molar-refractivity contribution in [2.75, 3.05) is 6.54 Å². The number of hydrogen-bond donors (Lipinski definition) is 2. The summed E-state index contributed by atoms with van der Waals surface area (Å²) in [7, 11) is -3.58. The van der Waals surface area contributed by atoms with E-state index in [1.165, 1.54) is 5.56 Å². The van der Waals surface area contributed by atoms with Gasteiger partial charge in [0, 0.05) is 35.6 Å². The van der Waals surface area contributed by atoms with Crippen molar-refractivity contribution < 1.29 is 18.3 Å². The van der Waals surface area contributed by atoms with Crippen LogP contribution in [0.25, 0.3) is 10.9 Å². The number of nitrogens with zero attached hydrogens (tertiary/aromatic N) is 1. The van der Waals surface area contributed by atoms with Gasteiger partial charge in [-0.25, -0.2) is 13.1 Å². The quantitative estimate of drug-likeness (QED) is 0.602. The summed E-state index contributed by atoms with van der Waals surface area (Å²) in [5.41, 5.74) is 5.46. The number of aromatic nitrogens is 1. The fraction of sp³-hybridized carbons (Fsp3) is 0.348. The number of rotatable bonds is 7. The number of sulfonamides is 1. The minimum absolute atomic E-state index is 0.0497. The number of carbonyl (C=O) groups is 1. The first kappa shape index (κ1) is 20.6. The van der Waals surface area contributed by atoms with E-state index >= 15 is 0 Å². The van der Waals surface area contributed by atoms with Crippen molar-refractivity contribution in [1.82, 2.24) is 9.29 Å². The van der Waals surface area contributed by atoms with Crippen LogP contribution in [0.4, 0.5) is 0 Å². The lowest BCUT2D eigenvalue weighted by Gasteiger charge is -2.24. The number of carboxylic acid groups (broad SMARTS) is 1. The normalized spacial score (nSPS) is 16.1. The van der Waals surface area contributed by atoms with Gasteiger partial charge >= 0.3 is 5.97 Å². The van der Waals surface area contributed by atoms with Crippen molar-refractivity contribution in [3.63, 3.8) is 0 Å². The Labute approximate surface area is 176 Å². The maximum absolute atomic E-state index is 12.8. The van der Waals surface area contributed by atoms with E-state index < -0.39 is 16.0 Å². The number of nitrogens with one attached hydrogen (secondary N) is 1. The minimum atomic E-state index is -3.58. The third-order valence-electron chi connectivity index (χ3n) is 6.05. The van der Waals surface area contributed by atoms with Crippen molar-refractivity contribution in [1.29, 1.82) is 0 Å². The molecule has 4 rings (SSSR count). The van der Waals surface area contributed by atoms with Crippen molar-refractivity contribution in [2.45, 2.75) is 50.5 Å². The molecule has 0 saturated heterocycles. The van der Waals surface area contributed by atoms with Gasteiger partial charge < -0.3 is 9.67 Å². The first-order valence-electron chi connectivity index (χ1n) is 10.2. The standard InChI is InChI=1S/C23H26N2O4S/c1-15-6-10-19(11-7-15)30(28,29)24-14-18-9-8-17-4-3-5-20-23(17)22(18)16(2)25(20)13-12-21(26)27/h3-7,10-11,18,24H,8-9,12-14H2,1-2H3,(H,26,27). The highest BCUT2D eigenvalue weighted by molar-refractivity contribution is 7.89. The van der Waals surface area contributed by atoms with Gasteiger partial charge in [0.15, 0.2) is 0 Å². The van der Waals surface area contributed by atoms with Crippen molar-refractivity contribution in [3.05, 3.63) is 64.8 Å². The third kappa shape index (κ3) is 3.75. The molecule has 30 heavy (non-hydrogen) atoms. The molecule has 2 aromatic carbocycles. The molecular weight excluding hydrogens is 400 g/mol. The first-order chi connectivity index (χ1) is 14.3. The van der Waals surface area contributed by atoms with E-state index in [-0.39, 0.29) is 17.2 Å². The van der Waals surface area contributed by atoms with Crippen LogP contribution >= 0.6 is 0 Å². The number of benzene rings is 2. The van der Waals surface area contributed by atoms with E-state index in [1.807, 2.05) is 26.0 Å². The van der Waals surface area contributed by atoms with Crippen LogP contribution in [0.15, 0.2) is 47.4 Å². The molecule has 0 spiro atoms. The highest BCUT2D eigenvalue weighted by Gasteiger charge is 2.28. The van der Waals surface area contributed by atoms with E-state index in [9.17, 15) is 13.2 Å². The van der Waals surface area contributed by atoms with Gasteiger partial charge in [-0.05, 0) is 56.0 Å². The highest BCUT2D eigenvalue weighted by Crippen LogP contribution is 2.40. The predicted octanol–water partition coefficient (Wildman–Crippen LogP) is 3.74. The molecular formula is C23H26N2O4S. The van der Waals surface area contributed by atoms with Crippen LogP contribution in [-0.4, -0.2) is 30.6 Å². The smallest absolute Gasteiger partial charge is 0.305 e. The van der Waals surface area contributed by atoms with Crippen molar-refractivity contribution in [2.24, 2.45) is 0 Å². The van der Waals surface area contributed by atoms with Gasteiger partial charge in [0.05, 0.1) is 11.3 Å². The summed E-state index contributed by atoms with van der Waals surface area (Å²) in [5, 5.41) is 10.3. The summed E-state index contributed by atoms with van der Waals surface area (Å²) in [6, 6.07) is 13.0. The summed E-state index contributed by atoms with van der Waals surface area (Å²) in [6.07, 6.45) is 1.79. The molecule has 1 aromatic heterocycles. The molecule has 1 aliphatic carbocycles. The number of aryl methyl sites for hydroxylation is 3. The SMILES string of the molecule is Cc1ccc(S(=O)(=O)NCC2CCc3cccc4c3c2c(C)n4CCC(=O)O)cc1. The fourth-order valence-corrected chi connectivity index (χ4v) is 5.60. The van der Waals surface area contributed by atoms with E-state index in [4.69, 9.17) is 5.11 Å². The third-order valence-corrected chi connectivity index (χ3v) is 7.49. The maximum atomic E-state index is 12.8. The Kier molecular flexibility index (Phi) is 5.42. The zero-order chi connectivity index (χ0) is 21.5. The van der Waals surface area contributed by atoms with Gasteiger partial charge in [-0.1, -0.05) is 29.8 Å². The Balaban J connectivity index is 1.65. The maximum Gasteiger partial charge on any atom is 0.305 e. The summed E-state index contributed by atoms with van der Waals surface area (Å²) in [4.78, 5) is 11.4. The molecule has 0 saturated carbocycles. The molecule has 3 aromatic rings. The second-order valence-electron chi connectivity index (χ2n) is 8.01. The molecule has 1 aliphatic rings. The Bertz CT molecular complexity index is 1210. The molecule has 0 bridgehead atoms. The number of aliphatic carboxylic acids is 1. The Morgan fingerprint density at radius 2 is 1.90 bits per heavy atom. The van der Waals surface area contributed by atoms with Gasteiger partial charge in [0.1, 0.15) is 0 Å². The van der Waals surface area contributed by atoms with Crippen molar-refractivity contribution >= 4 is 26.9 Å². The molecule has 0 amide bonds. The van der Waals surface area contributed by atoms with E-state index in [0.29, 0.717) is 13.1 Å². The predicted molar refractivity (Wildman–Crippen MR) is 116 cm³/mol. The summed E-state index contributed by atoms with van der Waals surface area (Å²) >= 11 is 0. The van der Waals surface area contributed by atoms with Gasteiger partial charge in [0.2, 0.25) is 10.0 Å². The van der Waals surface area contributed by atoms with E-state index in [0.717, 1.165) is 40.6 Å². The van der Waals surface area contributed by atoms with Gasteiger partial charge in [-0.15, -0.1) is 0 Å². The van der Waals surface area contributed by atoms with Gasteiger partial charge in [0.25, 0.3) is 0 Å². The molecule has 158 valence electrons. The van der Waals surface area contributed by atoms with Crippen LogP contribution in [0.5, 0.6) is 0 Å². The lowest BCUT2D eigenvalue weighted by Crippen LogP contribution is -2.30. The van der Waals surface area contributed by atoms with Crippen LogP contribution in [0.3, 0.4) is 0 Å². The first-order valence-corrected chi connectivity index (χ1v) is 11.6. The number of hydrogen-bond acceptors (Lipinski definition) is 3. The van der Waals surface area contributed by atoms with E-state index in [1.54, 1.807) is 24.3 Å². The molecule has 0 fully saturated rings. The van der Waals surface area contributed by atoms with E-state index in [2.05, 4.69) is 15.4 Å².